The second-order valence-corrected chi connectivity index (χ2v) is 8.91. The Labute approximate surface area is 197 Å². The molecule has 0 bridgehead atoms. The van der Waals surface area contributed by atoms with Crippen molar-refractivity contribution in [3.8, 4) is 11.9 Å². The highest BCUT2D eigenvalue weighted by Gasteiger charge is 2.25. The van der Waals surface area contributed by atoms with Crippen LogP contribution >= 0.6 is 11.3 Å². The molecule has 0 N–H and O–H groups in total. The zero-order valence-electron chi connectivity index (χ0n) is 19.5. The van der Waals surface area contributed by atoms with Gasteiger partial charge in [-0.2, -0.15) is 9.97 Å². The standard InChI is InChI=1S/C23H29N5O4S/c1-15-6-7-18-20(16(15)2)26-23(33-18)28(9-5-8-27-10-12-32-13-11-27)21(29)17-14-19(30-3)25-22(24-17)31-4/h6-7,14H,5,8-13H2,1-4H3. The highest BCUT2D eigenvalue weighted by Crippen LogP contribution is 2.33. The highest BCUT2D eigenvalue weighted by molar-refractivity contribution is 7.22. The van der Waals surface area contributed by atoms with Crippen LogP contribution in [0.5, 0.6) is 11.9 Å². The van der Waals surface area contributed by atoms with E-state index in [1.807, 2.05) is 0 Å². The molecule has 33 heavy (non-hydrogen) atoms. The Morgan fingerprint density at radius 2 is 1.94 bits per heavy atom. The van der Waals surface area contributed by atoms with Gasteiger partial charge in [0.15, 0.2) is 5.13 Å². The Kier molecular flexibility index (Phi) is 7.36. The van der Waals surface area contributed by atoms with Gasteiger partial charge in [0, 0.05) is 32.2 Å². The summed E-state index contributed by atoms with van der Waals surface area (Å²) in [5.41, 5.74) is 3.44. The fourth-order valence-corrected chi connectivity index (χ4v) is 4.79. The second kappa shape index (κ2) is 10.4. The highest BCUT2D eigenvalue weighted by atomic mass is 32.1. The number of ether oxygens (including phenoxy) is 3. The van der Waals surface area contributed by atoms with Gasteiger partial charge in [-0.25, -0.2) is 4.98 Å². The molecule has 1 aliphatic heterocycles. The molecule has 0 unspecified atom stereocenters. The van der Waals surface area contributed by atoms with Gasteiger partial charge in [-0.3, -0.25) is 14.6 Å². The van der Waals surface area contributed by atoms with E-state index in [-0.39, 0.29) is 23.5 Å². The van der Waals surface area contributed by atoms with Crippen molar-refractivity contribution < 1.29 is 19.0 Å². The summed E-state index contributed by atoms with van der Waals surface area (Å²) in [6.45, 7) is 8.85. The lowest BCUT2D eigenvalue weighted by atomic mass is 10.1. The van der Waals surface area contributed by atoms with E-state index in [2.05, 4.69) is 40.8 Å². The van der Waals surface area contributed by atoms with Crippen molar-refractivity contribution in [3.63, 3.8) is 0 Å². The molecule has 0 aliphatic carbocycles. The lowest BCUT2D eigenvalue weighted by Gasteiger charge is -2.27. The zero-order valence-corrected chi connectivity index (χ0v) is 20.3. The molecule has 0 atom stereocenters. The molecule has 10 heteroatoms. The fourth-order valence-electron chi connectivity index (χ4n) is 3.74. The monoisotopic (exact) mass is 471 g/mol. The van der Waals surface area contributed by atoms with Gasteiger partial charge in [-0.1, -0.05) is 17.4 Å². The van der Waals surface area contributed by atoms with E-state index < -0.39 is 0 Å². The van der Waals surface area contributed by atoms with E-state index in [1.54, 1.807) is 4.90 Å². The maximum Gasteiger partial charge on any atom is 0.320 e. The van der Waals surface area contributed by atoms with Crippen molar-refractivity contribution in [1.82, 2.24) is 19.9 Å². The third-order valence-electron chi connectivity index (χ3n) is 5.80. The summed E-state index contributed by atoms with van der Waals surface area (Å²) in [6.07, 6.45) is 0.805. The average molecular weight is 472 g/mol. The van der Waals surface area contributed by atoms with Crippen LogP contribution in [0.2, 0.25) is 0 Å². The van der Waals surface area contributed by atoms with Crippen molar-refractivity contribution in [2.24, 2.45) is 0 Å². The lowest BCUT2D eigenvalue weighted by molar-refractivity contribution is 0.0376. The Morgan fingerprint density at radius 1 is 1.15 bits per heavy atom. The summed E-state index contributed by atoms with van der Waals surface area (Å²) in [5, 5.41) is 0.655. The molecule has 0 saturated carbocycles. The van der Waals surface area contributed by atoms with Gasteiger partial charge in [0.05, 0.1) is 37.6 Å². The normalized spacial score (nSPS) is 14.4. The number of benzene rings is 1. The molecule has 1 saturated heterocycles. The van der Waals surface area contributed by atoms with Gasteiger partial charge < -0.3 is 14.2 Å². The molecule has 1 aliphatic rings. The number of rotatable bonds is 8. The number of hydrogen-bond acceptors (Lipinski definition) is 9. The number of fused-ring (bicyclic) bond motifs is 1. The summed E-state index contributed by atoms with van der Waals surface area (Å²) in [7, 11) is 2.95. The number of aromatic nitrogens is 3. The first-order chi connectivity index (χ1) is 16.0. The number of nitrogens with zero attached hydrogens (tertiary/aromatic N) is 5. The van der Waals surface area contributed by atoms with Crippen LogP contribution in [0, 0.1) is 13.8 Å². The van der Waals surface area contributed by atoms with Gasteiger partial charge in [0.25, 0.3) is 5.91 Å². The van der Waals surface area contributed by atoms with E-state index in [9.17, 15) is 4.79 Å². The summed E-state index contributed by atoms with van der Waals surface area (Å²) in [4.78, 5) is 31.0. The fraction of sp³-hybridized carbons (Fsp3) is 0.478. The van der Waals surface area contributed by atoms with Gasteiger partial charge in [-0.15, -0.1) is 0 Å². The number of amides is 1. The predicted molar refractivity (Wildman–Crippen MR) is 128 cm³/mol. The number of methoxy groups -OCH3 is 2. The molecule has 0 radical (unpaired) electrons. The minimum atomic E-state index is -0.260. The van der Waals surface area contributed by atoms with Crippen LogP contribution in [0.4, 0.5) is 5.13 Å². The van der Waals surface area contributed by atoms with Crippen molar-refractivity contribution >= 4 is 32.6 Å². The van der Waals surface area contributed by atoms with Crippen LogP contribution in [0.1, 0.15) is 28.0 Å². The Bertz CT molecular complexity index is 1110. The third kappa shape index (κ3) is 5.23. The first-order valence-electron chi connectivity index (χ1n) is 11.0. The quantitative estimate of drug-likeness (QED) is 0.495. The number of morpholine rings is 1. The summed E-state index contributed by atoms with van der Waals surface area (Å²) < 4.78 is 16.9. The molecule has 2 aromatic heterocycles. The summed E-state index contributed by atoms with van der Waals surface area (Å²) >= 11 is 1.51. The number of hydrogen-bond donors (Lipinski definition) is 0. The molecule has 1 amide bonds. The first kappa shape index (κ1) is 23.3. The number of thiazole rings is 1. The molecule has 9 nitrogen and oxygen atoms in total. The molecule has 0 spiro atoms. The number of carbonyl (C=O) groups is 1. The number of carbonyl (C=O) groups excluding carboxylic acids is 1. The van der Waals surface area contributed by atoms with Crippen LogP contribution < -0.4 is 14.4 Å². The van der Waals surface area contributed by atoms with Crippen molar-refractivity contribution in [1.29, 1.82) is 0 Å². The topological polar surface area (TPSA) is 89.9 Å². The maximum absolute atomic E-state index is 13.7. The minimum Gasteiger partial charge on any atom is -0.481 e. The molecule has 3 aromatic rings. The smallest absolute Gasteiger partial charge is 0.320 e. The van der Waals surface area contributed by atoms with Crippen LogP contribution in [0.3, 0.4) is 0 Å². The number of aryl methyl sites for hydroxylation is 2. The Hall–Kier alpha value is -2.82. The second-order valence-electron chi connectivity index (χ2n) is 7.90. The van der Waals surface area contributed by atoms with Gasteiger partial charge in [0.2, 0.25) is 5.88 Å². The lowest BCUT2D eigenvalue weighted by Crippen LogP contribution is -2.39. The van der Waals surface area contributed by atoms with Crippen molar-refractivity contribution in [2.75, 3.05) is 58.5 Å². The van der Waals surface area contributed by atoms with Gasteiger partial charge in [0.1, 0.15) is 5.69 Å². The molecule has 1 fully saturated rings. The largest absolute Gasteiger partial charge is 0.481 e. The Balaban J connectivity index is 1.65. The first-order valence-corrected chi connectivity index (χ1v) is 11.8. The van der Waals surface area contributed by atoms with E-state index in [1.165, 1.54) is 37.2 Å². The third-order valence-corrected chi connectivity index (χ3v) is 6.85. The van der Waals surface area contributed by atoms with Gasteiger partial charge in [-0.05, 0) is 37.5 Å². The van der Waals surface area contributed by atoms with E-state index in [0.717, 1.165) is 55.0 Å². The van der Waals surface area contributed by atoms with Crippen LogP contribution in [0.25, 0.3) is 10.2 Å². The van der Waals surface area contributed by atoms with Crippen LogP contribution in [-0.2, 0) is 4.74 Å². The van der Waals surface area contributed by atoms with Crippen LogP contribution in [-0.4, -0.2) is 79.4 Å². The predicted octanol–water partition coefficient (Wildman–Crippen LogP) is 3.09. The molecular formula is C23H29N5O4S. The van der Waals surface area contributed by atoms with Gasteiger partial charge >= 0.3 is 6.01 Å². The zero-order chi connectivity index (χ0) is 23.4. The molecule has 176 valence electrons. The average Bonchev–Trinajstić information content (AvgIpc) is 3.28. The Morgan fingerprint density at radius 3 is 2.67 bits per heavy atom. The molecular weight excluding hydrogens is 442 g/mol. The minimum absolute atomic E-state index is 0.0849. The SMILES string of the molecule is COc1cc(C(=O)N(CCCN2CCOCC2)c2nc3c(C)c(C)ccc3s2)nc(OC)n1. The number of anilines is 1. The van der Waals surface area contributed by atoms with Crippen molar-refractivity contribution in [2.45, 2.75) is 20.3 Å². The molecule has 1 aromatic carbocycles. The molecule has 3 heterocycles. The summed E-state index contributed by atoms with van der Waals surface area (Å²) in [5.74, 6) is 0.0126. The van der Waals surface area contributed by atoms with E-state index in [4.69, 9.17) is 19.2 Å². The van der Waals surface area contributed by atoms with E-state index >= 15 is 0 Å². The van der Waals surface area contributed by atoms with Crippen LogP contribution in [0.15, 0.2) is 18.2 Å². The molecule has 4 rings (SSSR count). The van der Waals surface area contributed by atoms with E-state index in [0.29, 0.717) is 11.7 Å². The summed E-state index contributed by atoms with van der Waals surface area (Å²) in [6, 6.07) is 5.76. The maximum atomic E-state index is 13.7. The van der Waals surface area contributed by atoms with Crippen molar-refractivity contribution in [3.05, 3.63) is 35.0 Å².